The Labute approximate surface area is 123 Å². The van der Waals surface area contributed by atoms with E-state index in [9.17, 15) is 19.7 Å². The molecule has 1 aromatic rings. The molecule has 22 heavy (non-hydrogen) atoms. The number of benzene rings is 1. The van der Waals surface area contributed by atoms with Gasteiger partial charge in [-0.25, -0.2) is 9.59 Å². The first kappa shape index (κ1) is 16.6. The molecule has 0 N–H and O–H groups in total. The van der Waals surface area contributed by atoms with E-state index in [1.807, 2.05) is 0 Å². The van der Waals surface area contributed by atoms with Gasteiger partial charge >= 0.3 is 12.1 Å². The number of rotatable bonds is 5. The van der Waals surface area contributed by atoms with Crippen LogP contribution in [0, 0.1) is 21.4 Å². The van der Waals surface area contributed by atoms with Gasteiger partial charge in [0.25, 0.3) is 11.4 Å². The molecular formula is C12H9N3O7. The predicted molar refractivity (Wildman–Crippen MR) is 69.9 cm³/mol. The highest BCUT2D eigenvalue weighted by molar-refractivity contribution is 6.42. The highest BCUT2D eigenvalue weighted by atomic mass is 16.8. The first-order chi connectivity index (χ1) is 10.5. The van der Waals surface area contributed by atoms with Crippen LogP contribution in [0.5, 0.6) is 5.75 Å². The van der Waals surface area contributed by atoms with Crippen molar-refractivity contribution in [1.29, 1.82) is 5.26 Å². The summed E-state index contributed by atoms with van der Waals surface area (Å²) in [5.41, 5.74) is -0.949. The summed E-state index contributed by atoms with van der Waals surface area (Å²) in [4.78, 5) is 36.5. The van der Waals surface area contributed by atoms with Crippen molar-refractivity contribution in [3.63, 3.8) is 0 Å². The molecule has 0 aliphatic carbocycles. The molecule has 10 nitrogen and oxygen atoms in total. The van der Waals surface area contributed by atoms with Gasteiger partial charge in [0.15, 0.2) is 0 Å². The van der Waals surface area contributed by atoms with E-state index in [2.05, 4.69) is 19.5 Å². The molecule has 0 radical (unpaired) electrons. The standard InChI is InChI=1S/C12H9N3O7/c1-2-20-11(16)10(7-13)14-22-12(17)21-9-5-3-8(4-6-9)15(18)19/h3-6H,2H2,1H3/b14-10-. The molecule has 0 spiro atoms. The van der Waals surface area contributed by atoms with Crippen molar-refractivity contribution in [3.8, 4) is 11.8 Å². The van der Waals surface area contributed by atoms with Crippen LogP contribution >= 0.6 is 0 Å². The van der Waals surface area contributed by atoms with Crippen LogP contribution in [0.3, 0.4) is 0 Å². The quantitative estimate of drug-likeness (QED) is 0.199. The van der Waals surface area contributed by atoms with Crippen molar-refractivity contribution in [2.24, 2.45) is 5.16 Å². The summed E-state index contributed by atoms with van der Waals surface area (Å²) in [6.07, 6.45) is -1.33. The maximum Gasteiger partial charge on any atom is 0.540 e. The number of hydrogen-bond donors (Lipinski definition) is 0. The van der Waals surface area contributed by atoms with Crippen LogP contribution in [0.15, 0.2) is 29.4 Å². The van der Waals surface area contributed by atoms with E-state index in [1.54, 1.807) is 0 Å². The van der Waals surface area contributed by atoms with Crippen molar-refractivity contribution in [1.82, 2.24) is 0 Å². The lowest BCUT2D eigenvalue weighted by atomic mass is 10.3. The van der Waals surface area contributed by atoms with Gasteiger partial charge in [-0.3, -0.25) is 15.0 Å². The largest absolute Gasteiger partial charge is 0.540 e. The van der Waals surface area contributed by atoms with Crippen LogP contribution in [0.2, 0.25) is 0 Å². The first-order valence-corrected chi connectivity index (χ1v) is 5.76. The molecule has 0 bridgehead atoms. The van der Waals surface area contributed by atoms with Crippen LogP contribution in [0.1, 0.15) is 6.92 Å². The van der Waals surface area contributed by atoms with Gasteiger partial charge in [0.2, 0.25) is 0 Å². The highest BCUT2D eigenvalue weighted by Crippen LogP contribution is 2.17. The predicted octanol–water partition coefficient (Wildman–Crippen LogP) is 1.55. The second-order valence-corrected chi connectivity index (χ2v) is 3.47. The minimum Gasteiger partial charge on any atom is -0.461 e. The minimum atomic E-state index is -1.33. The van der Waals surface area contributed by atoms with Crippen molar-refractivity contribution >= 4 is 23.5 Å². The Morgan fingerprint density at radius 1 is 1.36 bits per heavy atom. The van der Waals surface area contributed by atoms with Gasteiger partial charge in [0, 0.05) is 12.1 Å². The number of nitriles is 1. The normalized spacial score (nSPS) is 10.3. The van der Waals surface area contributed by atoms with E-state index in [1.165, 1.54) is 25.1 Å². The molecule has 0 saturated carbocycles. The van der Waals surface area contributed by atoms with Crippen LogP contribution in [-0.2, 0) is 14.4 Å². The fraction of sp³-hybridized carbons (Fsp3) is 0.167. The highest BCUT2D eigenvalue weighted by Gasteiger charge is 2.15. The maximum absolute atomic E-state index is 11.3. The molecule has 0 unspecified atom stereocenters. The summed E-state index contributed by atoms with van der Waals surface area (Å²) in [6, 6.07) is 5.96. The Morgan fingerprint density at radius 3 is 2.50 bits per heavy atom. The third-order valence-electron chi connectivity index (χ3n) is 2.03. The molecule has 0 aliphatic rings. The molecule has 0 atom stereocenters. The zero-order chi connectivity index (χ0) is 16.5. The number of carbonyl (C=O) groups is 2. The van der Waals surface area contributed by atoms with Crippen molar-refractivity contribution < 1.29 is 28.8 Å². The van der Waals surface area contributed by atoms with Gasteiger partial charge in [0.05, 0.1) is 11.5 Å². The molecule has 0 amide bonds. The summed E-state index contributed by atoms with van der Waals surface area (Å²) in [6.45, 7) is 1.55. The van der Waals surface area contributed by atoms with Crippen LogP contribution < -0.4 is 4.74 Å². The molecule has 1 rings (SSSR count). The third-order valence-corrected chi connectivity index (χ3v) is 2.03. The monoisotopic (exact) mass is 307 g/mol. The summed E-state index contributed by atoms with van der Waals surface area (Å²) < 4.78 is 9.12. The molecule has 0 aromatic heterocycles. The lowest BCUT2D eigenvalue weighted by Crippen LogP contribution is -2.17. The van der Waals surface area contributed by atoms with E-state index in [0.29, 0.717) is 0 Å². The average molecular weight is 307 g/mol. The number of esters is 1. The number of ether oxygens (including phenoxy) is 2. The van der Waals surface area contributed by atoms with Gasteiger partial charge in [-0.1, -0.05) is 5.16 Å². The summed E-state index contributed by atoms with van der Waals surface area (Å²) >= 11 is 0. The third kappa shape index (κ3) is 4.89. The van der Waals surface area contributed by atoms with Crippen molar-refractivity contribution in [2.75, 3.05) is 6.61 Å². The fourth-order valence-corrected chi connectivity index (χ4v) is 1.14. The Balaban J connectivity index is 2.64. The first-order valence-electron chi connectivity index (χ1n) is 5.76. The second kappa shape index (κ2) is 7.95. The summed E-state index contributed by atoms with van der Waals surface area (Å²) in [7, 11) is 0. The number of nitro groups is 1. The van der Waals surface area contributed by atoms with Crippen LogP contribution in [0.25, 0.3) is 0 Å². The Bertz CT molecular complexity index is 646. The molecule has 114 valence electrons. The zero-order valence-corrected chi connectivity index (χ0v) is 11.2. The van der Waals surface area contributed by atoms with E-state index in [0.717, 1.165) is 12.1 Å². The second-order valence-electron chi connectivity index (χ2n) is 3.47. The fourth-order valence-electron chi connectivity index (χ4n) is 1.14. The number of nitrogens with zero attached hydrogens (tertiary/aromatic N) is 3. The van der Waals surface area contributed by atoms with Crippen molar-refractivity contribution in [3.05, 3.63) is 34.4 Å². The molecular weight excluding hydrogens is 298 g/mol. The lowest BCUT2D eigenvalue weighted by molar-refractivity contribution is -0.384. The minimum absolute atomic E-state index is 0.0206. The number of carbonyl (C=O) groups excluding carboxylic acids is 2. The van der Waals surface area contributed by atoms with Gasteiger partial charge in [-0.2, -0.15) is 5.26 Å². The maximum atomic E-state index is 11.3. The Kier molecular flexibility index (Phi) is 5.99. The summed E-state index contributed by atoms with van der Waals surface area (Å²) in [5, 5.41) is 22.1. The van der Waals surface area contributed by atoms with Gasteiger partial charge < -0.3 is 9.47 Å². The number of non-ortho nitro benzene ring substituents is 1. The van der Waals surface area contributed by atoms with E-state index in [-0.39, 0.29) is 18.0 Å². The number of nitro benzene ring substituents is 1. The van der Waals surface area contributed by atoms with Crippen molar-refractivity contribution in [2.45, 2.75) is 6.92 Å². The molecule has 0 heterocycles. The topological polar surface area (TPSA) is 141 Å². The van der Waals surface area contributed by atoms with Gasteiger partial charge in [-0.05, 0) is 19.1 Å². The summed E-state index contributed by atoms with van der Waals surface area (Å²) in [5.74, 6) is -1.09. The van der Waals surface area contributed by atoms with Crippen LogP contribution in [-0.4, -0.2) is 29.4 Å². The molecule has 0 fully saturated rings. The average Bonchev–Trinajstić information content (AvgIpc) is 2.48. The van der Waals surface area contributed by atoms with Gasteiger partial charge in [-0.15, -0.1) is 0 Å². The molecule has 10 heteroatoms. The molecule has 0 saturated heterocycles. The van der Waals surface area contributed by atoms with E-state index >= 15 is 0 Å². The van der Waals surface area contributed by atoms with E-state index in [4.69, 9.17) is 5.26 Å². The van der Waals surface area contributed by atoms with Gasteiger partial charge in [0.1, 0.15) is 11.8 Å². The number of hydrogen-bond acceptors (Lipinski definition) is 9. The molecule has 1 aromatic carbocycles. The lowest BCUT2D eigenvalue weighted by Gasteiger charge is -2.01. The SMILES string of the molecule is CCOC(=O)/C(C#N)=N\OC(=O)Oc1ccc([N+](=O)[O-])cc1. The smallest absolute Gasteiger partial charge is 0.461 e. The zero-order valence-electron chi connectivity index (χ0n) is 11.2. The molecule has 0 aliphatic heterocycles. The Hall–Kier alpha value is -3.48. The Morgan fingerprint density at radius 2 is 2.00 bits per heavy atom. The van der Waals surface area contributed by atoms with Crippen LogP contribution in [0.4, 0.5) is 10.5 Å². The number of oxime groups is 1. The van der Waals surface area contributed by atoms with E-state index < -0.39 is 22.8 Å².